The van der Waals surface area contributed by atoms with E-state index in [1.807, 2.05) is 0 Å². The van der Waals surface area contributed by atoms with Crippen molar-refractivity contribution in [3.8, 4) is 0 Å². The van der Waals surface area contributed by atoms with Gasteiger partial charge in [0, 0.05) is 6.54 Å². The molecule has 0 aliphatic heterocycles. The molecule has 0 aromatic heterocycles. The molecule has 0 radical (unpaired) electrons. The second kappa shape index (κ2) is 7.24. The highest BCUT2D eigenvalue weighted by atomic mass is 32.2. The van der Waals surface area contributed by atoms with E-state index >= 15 is 0 Å². The fourth-order valence-electron chi connectivity index (χ4n) is 2.91. The number of hydrogen-bond donors (Lipinski definition) is 3. The summed E-state index contributed by atoms with van der Waals surface area (Å²) in [6.45, 7) is 2.77. The van der Waals surface area contributed by atoms with Gasteiger partial charge in [-0.15, -0.1) is 0 Å². The zero-order valence-corrected chi connectivity index (χ0v) is 13.3. The summed E-state index contributed by atoms with van der Waals surface area (Å²) in [4.78, 5) is 0.199. The molecule has 2 rings (SSSR count). The number of rotatable bonds is 6. The first-order chi connectivity index (χ1) is 10.0. The van der Waals surface area contributed by atoms with Crippen LogP contribution in [0.15, 0.2) is 29.2 Å². The van der Waals surface area contributed by atoms with Crippen molar-refractivity contribution in [3.05, 3.63) is 24.3 Å². The molecule has 4 N–H and O–H groups in total. The van der Waals surface area contributed by atoms with Gasteiger partial charge in [0.2, 0.25) is 10.0 Å². The van der Waals surface area contributed by atoms with E-state index in [0.717, 1.165) is 12.3 Å². The lowest BCUT2D eigenvalue weighted by atomic mass is 9.81. The van der Waals surface area contributed by atoms with Crippen molar-refractivity contribution in [2.75, 3.05) is 12.0 Å². The van der Waals surface area contributed by atoms with Crippen LogP contribution in [0.1, 0.15) is 39.0 Å². The third kappa shape index (κ3) is 4.43. The molecule has 118 valence electrons. The van der Waals surface area contributed by atoms with Gasteiger partial charge in [-0.25, -0.2) is 13.1 Å². The van der Waals surface area contributed by atoms with Crippen LogP contribution in [-0.4, -0.2) is 15.0 Å². The average molecular weight is 311 g/mol. The Balaban J connectivity index is 1.89. The van der Waals surface area contributed by atoms with E-state index in [4.69, 9.17) is 5.84 Å². The molecule has 0 bridgehead atoms. The van der Waals surface area contributed by atoms with E-state index in [-0.39, 0.29) is 4.90 Å². The van der Waals surface area contributed by atoms with Crippen LogP contribution in [0, 0.1) is 11.8 Å². The lowest BCUT2D eigenvalue weighted by molar-refractivity contribution is 0.278. The summed E-state index contributed by atoms with van der Waals surface area (Å²) in [6, 6.07) is 6.65. The normalized spacial score (nSPS) is 23.0. The molecule has 0 saturated heterocycles. The maximum Gasteiger partial charge on any atom is 0.242 e. The number of hydrazine groups is 1. The number of hydrogen-bond acceptors (Lipinski definition) is 4. The van der Waals surface area contributed by atoms with Crippen molar-refractivity contribution in [3.63, 3.8) is 0 Å². The van der Waals surface area contributed by atoms with E-state index in [1.165, 1.54) is 25.7 Å². The Morgan fingerprint density at radius 3 is 2.52 bits per heavy atom. The van der Waals surface area contributed by atoms with Gasteiger partial charge in [-0.2, -0.15) is 0 Å². The third-order valence-electron chi connectivity index (χ3n) is 4.31. The van der Waals surface area contributed by atoms with Gasteiger partial charge in [0.1, 0.15) is 4.90 Å². The van der Waals surface area contributed by atoms with Crippen molar-refractivity contribution >= 4 is 15.7 Å². The summed E-state index contributed by atoms with van der Waals surface area (Å²) in [5.41, 5.74) is 2.84. The molecule has 0 amide bonds. The Morgan fingerprint density at radius 1 is 1.19 bits per heavy atom. The summed E-state index contributed by atoms with van der Waals surface area (Å²) >= 11 is 0. The number of nitrogen functional groups attached to an aromatic ring is 1. The maximum absolute atomic E-state index is 12.3. The fourth-order valence-corrected chi connectivity index (χ4v) is 4.13. The first-order valence-corrected chi connectivity index (χ1v) is 9.06. The van der Waals surface area contributed by atoms with E-state index in [9.17, 15) is 8.42 Å². The molecule has 1 aliphatic rings. The summed E-state index contributed by atoms with van der Waals surface area (Å²) in [5.74, 6) is 6.83. The van der Waals surface area contributed by atoms with Crippen LogP contribution >= 0.6 is 0 Å². The van der Waals surface area contributed by atoms with Crippen molar-refractivity contribution in [2.24, 2.45) is 17.7 Å². The van der Waals surface area contributed by atoms with E-state index < -0.39 is 10.0 Å². The molecule has 6 heteroatoms. The van der Waals surface area contributed by atoms with Gasteiger partial charge in [-0.1, -0.05) is 44.7 Å². The maximum atomic E-state index is 12.3. The topological polar surface area (TPSA) is 84.2 Å². The summed E-state index contributed by atoms with van der Waals surface area (Å²) in [5, 5.41) is 0. The Kier molecular flexibility index (Phi) is 5.61. The number of anilines is 1. The molecule has 0 heterocycles. The third-order valence-corrected chi connectivity index (χ3v) is 5.83. The number of para-hydroxylation sites is 1. The number of nitrogens with one attached hydrogen (secondary N) is 2. The van der Waals surface area contributed by atoms with Gasteiger partial charge in [0.25, 0.3) is 0 Å². The molecule has 1 fully saturated rings. The highest BCUT2D eigenvalue weighted by Crippen LogP contribution is 2.30. The first-order valence-electron chi connectivity index (χ1n) is 7.58. The molecule has 0 atom stereocenters. The van der Waals surface area contributed by atoms with Gasteiger partial charge in [-0.05, 0) is 30.4 Å². The summed E-state index contributed by atoms with van der Waals surface area (Å²) in [7, 11) is -3.51. The van der Waals surface area contributed by atoms with Crippen LogP contribution in [0.2, 0.25) is 0 Å². The van der Waals surface area contributed by atoms with Crippen molar-refractivity contribution in [1.29, 1.82) is 0 Å². The fraction of sp³-hybridized carbons (Fsp3) is 0.600. The van der Waals surface area contributed by atoms with Crippen LogP contribution in [0.25, 0.3) is 0 Å². The Labute approximate surface area is 127 Å². The Bertz CT molecular complexity index is 552. The minimum Gasteiger partial charge on any atom is -0.323 e. The molecule has 1 aromatic carbocycles. The van der Waals surface area contributed by atoms with Crippen molar-refractivity contribution in [2.45, 2.75) is 43.9 Å². The van der Waals surface area contributed by atoms with Crippen LogP contribution < -0.4 is 16.0 Å². The molecule has 0 spiro atoms. The minimum absolute atomic E-state index is 0.199. The van der Waals surface area contributed by atoms with Gasteiger partial charge >= 0.3 is 0 Å². The monoisotopic (exact) mass is 311 g/mol. The van der Waals surface area contributed by atoms with Crippen molar-refractivity contribution < 1.29 is 8.42 Å². The molecule has 5 nitrogen and oxygen atoms in total. The molecular formula is C15H25N3O2S. The van der Waals surface area contributed by atoms with E-state index in [0.29, 0.717) is 18.2 Å². The molecule has 1 aromatic rings. The highest BCUT2D eigenvalue weighted by molar-refractivity contribution is 7.89. The SMILES string of the molecule is CC1CCC(CCNS(=O)(=O)c2ccccc2NN)CC1. The predicted molar refractivity (Wildman–Crippen MR) is 85.2 cm³/mol. The largest absolute Gasteiger partial charge is 0.323 e. The van der Waals surface area contributed by atoms with Gasteiger partial charge < -0.3 is 5.43 Å². The Morgan fingerprint density at radius 2 is 1.86 bits per heavy atom. The molecule has 0 unspecified atom stereocenters. The van der Waals surface area contributed by atoms with Crippen molar-refractivity contribution in [1.82, 2.24) is 4.72 Å². The van der Waals surface area contributed by atoms with Gasteiger partial charge in [-0.3, -0.25) is 5.84 Å². The van der Waals surface area contributed by atoms with Gasteiger partial charge in [0.15, 0.2) is 0 Å². The molecule has 1 saturated carbocycles. The number of sulfonamides is 1. The molecule has 21 heavy (non-hydrogen) atoms. The van der Waals surface area contributed by atoms with Crippen LogP contribution in [0.4, 0.5) is 5.69 Å². The second-order valence-electron chi connectivity index (χ2n) is 5.95. The van der Waals surface area contributed by atoms with Crippen LogP contribution in [0.5, 0.6) is 0 Å². The number of nitrogens with two attached hydrogens (primary N) is 1. The summed E-state index contributed by atoms with van der Waals surface area (Å²) in [6.07, 6.45) is 5.85. The summed E-state index contributed by atoms with van der Waals surface area (Å²) < 4.78 is 27.3. The zero-order valence-electron chi connectivity index (χ0n) is 12.5. The predicted octanol–water partition coefficient (Wildman–Crippen LogP) is 2.47. The molecule has 1 aliphatic carbocycles. The minimum atomic E-state index is -3.51. The van der Waals surface area contributed by atoms with Crippen LogP contribution in [0.3, 0.4) is 0 Å². The first kappa shape index (κ1) is 16.3. The second-order valence-corrected chi connectivity index (χ2v) is 7.69. The zero-order chi connectivity index (χ0) is 15.3. The highest BCUT2D eigenvalue weighted by Gasteiger charge is 2.20. The standard InChI is InChI=1S/C15H25N3O2S/c1-12-6-8-13(9-7-12)10-11-17-21(19,20)15-5-3-2-4-14(15)18-16/h2-5,12-13,17-18H,6-11,16H2,1H3. The number of benzene rings is 1. The quantitative estimate of drug-likeness (QED) is 0.556. The molecular weight excluding hydrogens is 286 g/mol. The van der Waals surface area contributed by atoms with E-state index in [1.54, 1.807) is 24.3 Å². The Hall–Kier alpha value is -1.11. The lowest BCUT2D eigenvalue weighted by Crippen LogP contribution is -2.28. The van der Waals surface area contributed by atoms with Crippen LogP contribution in [-0.2, 0) is 10.0 Å². The average Bonchev–Trinajstić information content (AvgIpc) is 2.49. The van der Waals surface area contributed by atoms with E-state index in [2.05, 4.69) is 17.1 Å². The lowest BCUT2D eigenvalue weighted by Gasteiger charge is -2.26. The van der Waals surface area contributed by atoms with Gasteiger partial charge in [0.05, 0.1) is 5.69 Å². The smallest absolute Gasteiger partial charge is 0.242 e.